The van der Waals surface area contributed by atoms with Gasteiger partial charge in [-0.15, -0.1) is 11.3 Å². The van der Waals surface area contributed by atoms with E-state index in [1.807, 2.05) is 44.2 Å². The van der Waals surface area contributed by atoms with E-state index in [1.165, 1.54) is 4.88 Å². The molecule has 0 unspecified atom stereocenters. The highest BCUT2D eigenvalue weighted by Crippen LogP contribution is 2.44. The number of hydrogen-bond donors (Lipinski definition) is 2. The van der Waals surface area contributed by atoms with E-state index in [0.29, 0.717) is 11.5 Å². The summed E-state index contributed by atoms with van der Waals surface area (Å²) in [5.74, 6) is 0.000684. The predicted molar refractivity (Wildman–Crippen MR) is 130 cm³/mol. The Balaban J connectivity index is 1.74. The van der Waals surface area contributed by atoms with Crippen LogP contribution < -0.4 is 15.5 Å². The number of hydrogen-bond acceptors (Lipinski definition) is 4. The summed E-state index contributed by atoms with van der Waals surface area (Å²) < 4.78 is 1.05. The van der Waals surface area contributed by atoms with E-state index in [4.69, 9.17) is 12.2 Å². The second kappa shape index (κ2) is 8.83. The van der Waals surface area contributed by atoms with E-state index >= 15 is 0 Å². The number of thiocarbonyl (C=S) groups is 1. The Labute approximate surface area is 193 Å². The van der Waals surface area contributed by atoms with Crippen LogP contribution in [0.25, 0.3) is 0 Å². The highest BCUT2D eigenvalue weighted by atomic mass is 79.9. The summed E-state index contributed by atoms with van der Waals surface area (Å²) in [6.07, 6.45) is 2.25. The Hall–Kier alpha value is -2.29. The van der Waals surface area contributed by atoms with Gasteiger partial charge in [-0.2, -0.15) is 0 Å². The van der Waals surface area contributed by atoms with Crippen molar-refractivity contribution in [3.63, 3.8) is 0 Å². The lowest BCUT2D eigenvalue weighted by molar-refractivity contribution is -0.115. The lowest BCUT2D eigenvalue weighted by Gasteiger charge is -2.27. The Morgan fingerprint density at radius 1 is 1.33 bits per heavy atom. The number of rotatable bonds is 5. The first-order valence-electron chi connectivity index (χ1n) is 9.63. The van der Waals surface area contributed by atoms with Crippen molar-refractivity contribution >= 4 is 61.9 Å². The van der Waals surface area contributed by atoms with Gasteiger partial charge in [0, 0.05) is 38.7 Å². The van der Waals surface area contributed by atoms with Gasteiger partial charge >= 0.3 is 0 Å². The number of anilines is 2. The molecule has 3 heterocycles. The van der Waals surface area contributed by atoms with Crippen molar-refractivity contribution in [3.8, 4) is 0 Å². The van der Waals surface area contributed by atoms with Gasteiger partial charge in [-0.05, 0) is 77.0 Å². The van der Waals surface area contributed by atoms with Gasteiger partial charge in [0.25, 0.3) is 0 Å². The zero-order valence-electron chi connectivity index (χ0n) is 16.6. The second-order valence-electron chi connectivity index (χ2n) is 7.06. The molecular weight excluding hydrogens is 480 g/mol. The maximum absolute atomic E-state index is 11.8. The third-order valence-corrected chi connectivity index (χ3v) is 7.14. The molecule has 0 saturated carbocycles. The highest BCUT2D eigenvalue weighted by molar-refractivity contribution is 9.10. The molecule has 1 aliphatic rings. The normalized spacial score (nSPS) is 18.4. The number of aryl methyl sites for hydroxylation is 1. The van der Waals surface area contributed by atoms with Crippen LogP contribution in [0.3, 0.4) is 0 Å². The molecule has 8 heteroatoms. The van der Waals surface area contributed by atoms with Gasteiger partial charge in [-0.25, -0.2) is 0 Å². The van der Waals surface area contributed by atoms with Crippen LogP contribution in [0.2, 0.25) is 0 Å². The van der Waals surface area contributed by atoms with Gasteiger partial charge in [0.15, 0.2) is 5.11 Å². The molecule has 2 atom stereocenters. The number of benzene rings is 1. The van der Waals surface area contributed by atoms with E-state index in [1.54, 1.807) is 17.5 Å². The molecule has 2 aromatic heterocycles. The number of carbonyl (C=O) groups excluding carboxylic acids is 1. The molecule has 5 nitrogen and oxygen atoms in total. The summed E-state index contributed by atoms with van der Waals surface area (Å²) in [6, 6.07) is 14.0. The summed E-state index contributed by atoms with van der Waals surface area (Å²) >= 11 is 11.0. The topological polar surface area (TPSA) is 57.3 Å². The van der Waals surface area contributed by atoms with Crippen LogP contribution in [0.15, 0.2) is 58.5 Å². The molecule has 2 N–H and O–H groups in total. The lowest BCUT2D eigenvalue weighted by atomic mass is 10.0. The smallest absolute Gasteiger partial charge is 0.224 e. The largest absolute Gasteiger partial charge is 0.351 e. The molecule has 154 valence electrons. The SMILES string of the molecule is CCC(=O)Nc1ccc(N2C(=S)N[C@@H](c3ccccn3)[C@H]2c2cc(Br)cs2)cc1C. The Morgan fingerprint density at radius 2 is 2.17 bits per heavy atom. The minimum atomic E-state index is -0.0657. The van der Waals surface area contributed by atoms with Crippen LogP contribution in [-0.2, 0) is 4.79 Å². The van der Waals surface area contributed by atoms with Gasteiger partial charge < -0.3 is 15.5 Å². The third-order valence-electron chi connectivity index (χ3n) is 5.06. The molecule has 1 amide bonds. The van der Waals surface area contributed by atoms with Crippen molar-refractivity contribution in [2.24, 2.45) is 0 Å². The number of nitrogens with zero attached hydrogens (tertiary/aromatic N) is 2. The Morgan fingerprint density at radius 3 is 2.80 bits per heavy atom. The molecule has 30 heavy (non-hydrogen) atoms. The fraction of sp³-hybridized carbons (Fsp3) is 0.227. The Kier molecular flexibility index (Phi) is 6.17. The fourth-order valence-corrected chi connectivity index (χ4v) is 5.50. The van der Waals surface area contributed by atoms with E-state index < -0.39 is 0 Å². The Bertz CT molecular complexity index is 1090. The highest BCUT2D eigenvalue weighted by Gasteiger charge is 2.41. The number of aromatic nitrogens is 1. The molecule has 4 rings (SSSR count). The third kappa shape index (κ3) is 4.12. The van der Waals surface area contributed by atoms with Crippen molar-refractivity contribution in [1.82, 2.24) is 10.3 Å². The van der Waals surface area contributed by atoms with E-state index in [-0.39, 0.29) is 18.0 Å². The number of carbonyl (C=O) groups is 1. The molecule has 0 aliphatic carbocycles. The van der Waals surface area contributed by atoms with Gasteiger partial charge in [0.1, 0.15) is 0 Å². The maximum Gasteiger partial charge on any atom is 0.224 e. The van der Waals surface area contributed by atoms with Crippen LogP contribution in [0.5, 0.6) is 0 Å². The van der Waals surface area contributed by atoms with Crippen LogP contribution in [-0.4, -0.2) is 16.0 Å². The van der Waals surface area contributed by atoms with Crippen LogP contribution in [0.4, 0.5) is 11.4 Å². The summed E-state index contributed by atoms with van der Waals surface area (Å²) in [6.45, 7) is 3.84. The van der Waals surface area contributed by atoms with E-state index in [2.05, 4.69) is 54.0 Å². The summed E-state index contributed by atoms with van der Waals surface area (Å²) in [5.41, 5.74) is 3.73. The molecule has 3 aromatic rings. The van der Waals surface area contributed by atoms with E-state index in [9.17, 15) is 4.79 Å². The van der Waals surface area contributed by atoms with Gasteiger partial charge in [-0.3, -0.25) is 9.78 Å². The molecule has 1 aromatic carbocycles. The van der Waals surface area contributed by atoms with Crippen molar-refractivity contribution in [1.29, 1.82) is 0 Å². The number of amides is 1. The average molecular weight is 501 g/mol. The molecule has 0 bridgehead atoms. The molecule has 1 aliphatic heterocycles. The second-order valence-corrected chi connectivity index (χ2v) is 9.31. The summed E-state index contributed by atoms with van der Waals surface area (Å²) in [5, 5.41) is 9.16. The van der Waals surface area contributed by atoms with Crippen LogP contribution in [0.1, 0.15) is 41.6 Å². The standard InChI is InChI=1S/C22H21BrN4OS2/c1-3-19(28)25-16-8-7-15(10-13(16)2)27-21(18-11-14(23)12-30-18)20(26-22(27)29)17-6-4-5-9-24-17/h4-12,20-21H,3H2,1-2H3,(H,25,28)(H,26,29)/t20-,21+/m0/s1. The quantitative estimate of drug-likeness (QED) is 0.437. The number of pyridine rings is 1. The number of thiophene rings is 1. The van der Waals surface area contributed by atoms with Crippen molar-refractivity contribution in [3.05, 3.63) is 74.6 Å². The monoisotopic (exact) mass is 500 g/mol. The number of halogens is 1. The van der Waals surface area contributed by atoms with Crippen molar-refractivity contribution in [2.75, 3.05) is 10.2 Å². The maximum atomic E-state index is 11.8. The minimum absolute atomic E-state index is 0.000684. The summed E-state index contributed by atoms with van der Waals surface area (Å²) in [4.78, 5) is 19.7. The van der Waals surface area contributed by atoms with E-state index in [0.717, 1.165) is 27.1 Å². The molecule has 1 saturated heterocycles. The predicted octanol–water partition coefficient (Wildman–Crippen LogP) is 5.74. The molecule has 1 fully saturated rings. The zero-order chi connectivity index (χ0) is 21.3. The average Bonchev–Trinajstić information content (AvgIpc) is 3.32. The van der Waals surface area contributed by atoms with Gasteiger partial charge in [-0.1, -0.05) is 13.0 Å². The van der Waals surface area contributed by atoms with Crippen LogP contribution >= 0.6 is 39.5 Å². The first-order valence-corrected chi connectivity index (χ1v) is 11.7. The zero-order valence-corrected chi connectivity index (χ0v) is 19.8. The number of nitrogens with one attached hydrogen (secondary N) is 2. The van der Waals surface area contributed by atoms with Crippen molar-refractivity contribution in [2.45, 2.75) is 32.4 Å². The molecular formula is C22H21BrN4OS2. The van der Waals surface area contributed by atoms with Gasteiger partial charge in [0.05, 0.1) is 17.8 Å². The fourth-order valence-electron chi connectivity index (χ4n) is 3.58. The first-order chi connectivity index (χ1) is 14.5. The minimum Gasteiger partial charge on any atom is -0.351 e. The molecule has 0 spiro atoms. The summed E-state index contributed by atoms with van der Waals surface area (Å²) in [7, 11) is 0. The first kappa shape index (κ1) is 21.0. The molecule has 0 radical (unpaired) electrons. The van der Waals surface area contributed by atoms with Gasteiger partial charge in [0.2, 0.25) is 5.91 Å². The lowest BCUT2D eigenvalue weighted by Crippen LogP contribution is -2.29. The van der Waals surface area contributed by atoms with Crippen LogP contribution in [0, 0.1) is 6.92 Å². The van der Waals surface area contributed by atoms with Crippen molar-refractivity contribution < 1.29 is 4.79 Å².